The Hall–Kier alpha value is -1.95. The first kappa shape index (κ1) is 14.0. The second kappa shape index (κ2) is 6.22. The predicted octanol–water partition coefficient (Wildman–Crippen LogP) is 1.03. The highest BCUT2D eigenvalue weighted by atomic mass is 16.2. The molecule has 1 N–H and O–H groups in total. The molecule has 0 saturated carbocycles. The van der Waals surface area contributed by atoms with Gasteiger partial charge in [-0.05, 0) is 44.5 Å². The van der Waals surface area contributed by atoms with E-state index < -0.39 is 0 Å². The molecule has 0 aliphatic carbocycles. The Kier molecular flexibility index (Phi) is 4.15. The highest BCUT2D eigenvalue weighted by Crippen LogP contribution is 2.14. The standard InChI is InChI=1S/C15H21N5O/c1-19(13-5-3-7-16-9-6-13)14(21)11-20-15-12(10-18-20)4-2-8-17-15/h2,4,8,10,13,16H,3,5-7,9,11H2,1H3. The number of aromatic nitrogens is 3. The van der Waals surface area contributed by atoms with Gasteiger partial charge in [-0.3, -0.25) is 4.79 Å². The van der Waals surface area contributed by atoms with Crippen molar-refractivity contribution in [2.24, 2.45) is 0 Å². The highest BCUT2D eigenvalue weighted by molar-refractivity contribution is 5.79. The molecule has 21 heavy (non-hydrogen) atoms. The van der Waals surface area contributed by atoms with Crippen molar-refractivity contribution in [2.45, 2.75) is 31.8 Å². The third-order valence-corrected chi connectivity index (χ3v) is 4.17. The molecule has 3 heterocycles. The van der Waals surface area contributed by atoms with Gasteiger partial charge in [0.25, 0.3) is 0 Å². The molecule has 1 aliphatic rings. The van der Waals surface area contributed by atoms with E-state index in [0.717, 1.165) is 43.4 Å². The minimum Gasteiger partial charge on any atom is -0.341 e. The molecule has 2 aromatic heterocycles. The Morgan fingerprint density at radius 2 is 2.38 bits per heavy atom. The Balaban J connectivity index is 1.70. The molecule has 1 fully saturated rings. The molecule has 3 rings (SSSR count). The van der Waals surface area contributed by atoms with Crippen LogP contribution < -0.4 is 5.32 Å². The number of likely N-dealkylation sites (N-methyl/N-ethyl adjacent to an activating group) is 1. The van der Waals surface area contributed by atoms with Crippen LogP contribution >= 0.6 is 0 Å². The lowest BCUT2D eigenvalue weighted by molar-refractivity contribution is -0.132. The molecule has 1 amide bonds. The van der Waals surface area contributed by atoms with Gasteiger partial charge in [0.15, 0.2) is 5.65 Å². The van der Waals surface area contributed by atoms with Gasteiger partial charge in [-0.25, -0.2) is 9.67 Å². The van der Waals surface area contributed by atoms with Crippen LogP contribution in [-0.4, -0.2) is 51.8 Å². The molecule has 0 spiro atoms. The van der Waals surface area contributed by atoms with Crippen molar-refractivity contribution >= 4 is 16.9 Å². The van der Waals surface area contributed by atoms with Gasteiger partial charge in [0, 0.05) is 24.7 Å². The molecule has 1 unspecified atom stereocenters. The molecular formula is C15H21N5O. The average molecular weight is 287 g/mol. The fourth-order valence-corrected chi connectivity index (χ4v) is 2.86. The van der Waals surface area contributed by atoms with Crippen LogP contribution in [0, 0.1) is 0 Å². The van der Waals surface area contributed by atoms with Gasteiger partial charge < -0.3 is 10.2 Å². The van der Waals surface area contributed by atoms with E-state index >= 15 is 0 Å². The highest BCUT2D eigenvalue weighted by Gasteiger charge is 2.21. The molecule has 0 radical (unpaired) electrons. The van der Waals surface area contributed by atoms with E-state index in [4.69, 9.17) is 0 Å². The maximum absolute atomic E-state index is 12.5. The zero-order valence-corrected chi connectivity index (χ0v) is 12.3. The molecule has 0 bridgehead atoms. The second-order valence-electron chi connectivity index (χ2n) is 5.56. The van der Waals surface area contributed by atoms with Crippen LogP contribution in [0.1, 0.15) is 19.3 Å². The van der Waals surface area contributed by atoms with Crippen molar-refractivity contribution in [3.8, 4) is 0 Å². The Bertz CT molecular complexity index is 615. The fraction of sp³-hybridized carbons (Fsp3) is 0.533. The summed E-state index contributed by atoms with van der Waals surface area (Å²) in [6, 6.07) is 4.15. The number of hydrogen-bond donors (Lipinski definition) is 1. The largest absolute Gasteiger partial charge is 0.341 e. The molecule has 112 valence electrons. The second-order valence-corrected chi connectivity index (χ2v) is 5.56. The van der Waals surface area contributed by atoms with Crippen LogP contribution in [0.25, 0.3) is 11.0 Å². The lowest BCUT2D eigenvalue weighted by Crippen LogP contribution is -2.39. The summed E-state index contributed by atoms with van der Waals surface area (Å²) in [5.41, 5.74) is 0.766. The third-order valence-electron chi connectivity index (χ3n) is 4.17. The van der Waals surface area contributed by atoms with E-state index in [1.807, 2.05) is 24.1 Å². The molecule has 1 aliphatic heterocycles. The maximum atomic E-state index is 12.5. The Morgan fingerprint density at radius 3 is 3.29 bits per heavy atom. The van der Waals surface area contributed by atoms with Crippen LogP contribution in [0.15, 0.2) is 24.5 Å². The molecule has 6 nitrogen and oxygen atoms in total. The molecule has 2 aromatic rings. The summed E-state index contributed by atoms with van der Waals surface area (Å²) in [5.74, 6) is 0.0950. The van der Waals surface area contributed by atoms with Crippen LogP contribution in [0.2, 0.25) is 0 Å². The predicted molar refractivity (Wildman–Crippen MR) is 80.8 cm³/mol. The van der Waals surface area contributed by atoms with E-state index in [0.29, 0.717) is 6.04 Å². The minimum absolute atomic E-state index is 0.0950. The number of amides is 1. The van der Waals surface area contributed by atoms with Crippen LogP contribution in [-0.2, 0) is 11.3 Å². The quantitative estimate of drug-likeness (QED) is 0.916. The third kappa shape index (κ3) is 3.05. The summed E-state index contributed by atoms with van der Waals surface area (Å²) < 4.78 is 1.68. The molecule has 6 heteroatoms. The SMILES string of the molecule is CN(C(=O)Cn1ncc2cccnc21)C1CCCNCC1. The lowest BCUT2D eigenvalue weighted by atomic mass is 10.1. The number of carbonyl (C=O) groups is 1. The van der Waals surface area contributed by atoms with Gasteiger partial charge in [0.1, 0.15) is 6.54 Å². The molecular weight excluding hydrogens is 266 g/mol. The fourth-order valence-electron chi connectivity index (χ4n) is 2.86. The summed E-state index contributed by atoms with van der Waals surface area (Å²) in [5, 5.41) is 8.62. The summed E-state index contributed by atoms with van der Waals surface area (Å²) in [4.78, 5) is 18.7. The number of carbonyl (C=O) groups excluding carboxylic acids is 1. The summed E-state index contributed by atoms with van der Waals surface area (Å²) in [6.07, 6.45) is 6.68. The van der Waals surface area contributed by atoms with Crippen molar-refractivity contribution in [1.82, 2.24) is 25.0 Å². The van der Waals surface area contributed by atoms with Crippen molar-refractivity contribution in [3.63, 3.8) is 0 Å². The van der Waals surface area contributed by atoms with E-state index in [-0.39, 0.29) is 12.5 Å². The maximum Gasteiger partial charge on any atom is 0.244 e. The van der Waals surface area contributed by atoms with Gasteiger partial charge in [-0.1, -0.05) is 0 Å². The van der Waals surface area contributed by atoms with Crippen molar-refractivity contribution in [3.05, 3.63) is 24.5 Å². The van der Waals surface area contributed by atoms with Gasteiger partial charge in [-0.15, -0.1) is 0 Å². The smallest absolute Gasteiger partial charge is 0.244 e. The summed E-state index contributed by atoms with van der Waals surface area (Å²) >= 11 is 0. The van der Waals surface area contributed by atoms with Gasteiger partial charge >= 0.3 is 0 Å². The van der Waals surface area contributed by atoms with Crippen molar-refractivity contribution in [2.75, 3.05) is 20.1 Å². The molecule has 1 saturated heterocycles. The zero-order valence-electron chi connectivity index (χ0n) is 12.3. The van der Waals surface area contributed by atoms with Crippen LogP contribution in [0.3, 0.4) is 0 Å². The molecule has 1 atom stereocenters. The van der Waals surface area contributed by atoms with E-state index in [9.17, 15) is 4.79 Å². The topological polar surface area (TPSA) is 63.1 Å². The molecule has 0 aromatic carbocycles. The number of fused-ring (bicyclic) bond motifs is 1. The van der Waals surface area contributed by atoms with E-state index in [1.54, 1.807) is 17.1 Å². The zero-order chi connectivity index (χ0) is 14.7. The monoisotopic (exact) mass is 287 g/mol. The lowest BCUT2D eigenvalue weighted by Gasteiger charge is -2.27. The van der Waals surface area contributed by atoms with Gasteiger partial charge in [0.05, 0.1) is 6.20 Å². The number of hydrogen-bond acceptors (Lipinski definition) is 4. The van der Waals surface area contributed by atoms with Gasteiger partial charge in [-0.2, -0.15) is 5.10 Å². The number of nitrogens with zero attached hydrogens (tertiary/aromatic N) is 4. The first-order valence-electron chi connectivity index (χ1n) is 7.48. The summed E-state index contributed by atoms with van der Waals surface area (Å²) in [7, 11) is 1.90. The van der Waals surface area contributed by atoms with Crippen molar-refractivity contribution < 1.29 is 4.79 Å². The Labute approximate surface area is 124 Å². The minimum atomic E-state index is 0.0950. The average Bonchev–Trinajstić information content (AvgIpc) is 2.74. The number of nitrogens with one attached hydrogen (secondary N) is 1. The van der Waals surface area contributed by atoms with Crippen LogP contribution in [0.5, 0.6) is 0 Å². The first-order chi connectivity index (χ1) is 10.3. The van der Waals surface area contributed by atoms with Crippen LogP contribution in [0.4, 0.5) is 0 Å². The normalized spacial score (nSPS) is 19.4. The Morgan fingerprint density at radius 1 is 1.48 bits per heavy atom. The van der Waals surface area contributed by atoms with Crippen molar-refractivity contribution in [1.29, 1.82) is 0 Å². The van der Waals surface area contributed by atoms with Gasteiger partial charge in [0.2, 0.25) is 5.91 Å². The van der Waals surface area contributed by atoms with E-state index in [1.165, 1.54) is 0 Å². The van der Waals surface area contributed by atoms with E-state index in [2.05, 4.69) is 15.4 Å². The number of pyridine rings is 1. The summed E-state index contributed by atoms with van der Waals surface area (Å²) in [6.45, 7) is 2.28. The number of rotatable bonds is 3. The first-order valence-corrected chi connectivity index (χ1v) is 7.48.